The van der Waals surface area contributed by atoms with Gasteiger partial charge in [0.25, 0.3) is 0 Å². The summed E-state index contributed by atoms with van der Waals surface area (Å²) < 4.78 is 14.1. The van der Waals surface area contributed by atoms with Gasteiger partial charge in [0, 0.05) is 15.8 Å². The van der Waals surface area contributed by atoms with Gasteiger partial charge in [-0.3, -0.25) is 10.1 Å². The average molecular weight is 439 g/mol. The highest BCUT2D eigenvalue weighted by molar-refractivity contribution is 9.10. The first-order chi connectivity index (χ1) is 12.4. The Bertz CT molecular complexity index is 989. The third-order valence-electron chi connectivity index (χ3n) is 3.27. The van der Waals surface area contributed by atoms with E-state index in [0.717, 1.165) is 10.5 Å². The van der Waals surface area contributed by atoms with Gasteiger partial charge in [0.1, 0.15) is 12.1 Å². The lowest BCUT2D eigenvalue weighted by Gasteiger charge is -2.10. The number of nitro groups is 1. The van der Waals surface area contributed by atoms with Crippen LogP contribution in [0.25, 0.3) is 0 Å². The maximum Gasteiger partial charge on any atom is 0.353 e. The Hall–Kier alpha value is -2.78. The molecular weight excluding hydrogens is 429 g/mol. The fraction of sp³-hybridized carbons (Fsp3) is 0. The molecule has 132 valence electrons. The van der Waals surface area contributed by atoms with Crippen molar-refractivity contribution < 1.29 is 9.31 Å². The predicted molar refractivity (Wildman–Crippen MR) is 101 cm³/mol. The molecule has 0 fully saturated rings. The molecule has 1 heterocycles. The minimum Gasteiger partial charge on any atom is -0.334 e. The van der Waals surface area contributed by atoms with Gasteiger partial charge in [-0.05, 0) is 36.4 Å². The highest BCUT2D eigenvalue weighted by Crippen LogP contribution is 2.34. The molecule has 3 rings (SSSR count). The molecule has 0 aliphatic rings. The van der Waals surface area contributed by atoms with Crippen molar-refractivity contribution in [1.29, 1.82) is 0 Å². The van der Waals surface area contributed by atoms with Crippen molar-refractivity contribution in [3.63, 3.8) is 0 Å². The summed E-state index contributed by atoms with van der Waals surface area (Å²) in [5.74, 6) is -0.629. The van der Waals surface area contributed by atoms with Crippen molar-refractivity contribution in [2.45, 2.75) is 0 Å². The molecule has 0 spiro atoms. The molecule has 0 saturated heterocycles. The van der Waals surface area contributed by atoms with Crippen molar-refractivity contribution >= 4 is 56.2 Å². The normalized spacial score (nSPS) is 10.4. The van der Waals surface area contributed by atoms with Crippen LogP contribution >= 0.6 is 27.5 Å². The minimum absolute atomic E-state index is 0.0128. The largest absolute Gasteiger partial charge is 0.353 e. The average Bonchev–Trinajstić information content (AvgIpc) is 2.58. The second-order valence-corrected chi connectivity index (χ2v) is 6.39. The van der Waals surface area contributed by atoms with E-state index >= 15 is 0 Å². The SMILES string of the molecule is O=[N+]([O-])c1c(Nc2cccc(Br)c2)ncnc1Nc1ccc(F)c(Cl)c1. The fourth-order valence-corrected chi connectivity index (χ4v) is 2.73. The lowest BCUT2D eigenvalue weighted by molar-refractivity contribution is -0.383. The van der Waals surface area contributed by atoms with Gasteiger partial charge in [-0.25, -0.2) is 14.4 Å². The quantitative estimate of drug-likeness (QED) is 0.408. The van der Waals surface area contributed by atoms with Crippen molar-refractivity contribution in [3.05, 3.63) is 74.2 Å². The molecule has 10 heteroatoms. The summed E-state index contributed by atoms with van der Waals surface area (Å²) in [5, 5.41) is 17.1. The molecule has 0 unspecified atom stereocenters. The lowest BCUT2D eigenvalue weighted by atomic mass is 10.3. The summed E-state index contributed by atoms with van der Waals surface area (Å²) in [5.41, 5.74) is 0.608. The van der Waals surface area contributed by atoms with Crippen LogP contribution in [-0.2, 0) is 0 Å². The van der Waals surface area contributed by atoms with Crippen molar-refractivity contribution in [3.8, 4) is 0 Å². The monoisotopic (exact) mass is 437 g/mol. The Kier molecular flexibility index (Phi) is 5.29. The van der Waals surface area contributed by atoms with E-state index in [0.29, 0.717) is 11.4 Å². The third-order valence-corrected chi connectivity index (χ3v) is 4.06. The number of anilines is 4. The number of rotatable bonds is 5. The van der Waals surface area contributed by atoms with Crippen LogP contribution in [0.4, 0.5) is 33.1 Å². The smallest absolute Gasteiger partial charge is 0.334 e. The van der Waals surface area contributed by atoms with Crippen LogP contribution in [0.5, 0.6) is 0 Å². The van der Waals surface area contributed by atoms with Gasteiger partial charge in [0.15, 0.2) is 0 Å². The molecule has 2 aromatic carbocycles. The summed E-state index contributed by atoms with van der Waals surface area (Å²) >= 11 is 9.07. The molecule has 0 radical (unpaired) electrons. The summed E-state index contributed by atoms with van der Waals surface area (Å²) in [6.07, 6.45) is 1.18. The topological polar surface area (TPSA) is 93.0 Å². The Labute approximate surface area is 160 Å². The first-order valence-corrected chi connectivity index (χ1v) is 8.35. The second kappa shape index (κ2) is 7.63. The first kappa shape index (κ1) is 18.0. The van der Waals surface area contributed by atoms with Crippen molar-refractivity contribution in [1.82, 2.24) is 9.97 Å². The Morgan fingerprint density at radius 3 is 2.31 bits per heavy atom. The number of hydrogen-bond donors (Lipinski definition) is 2. The van der Waals surface area contributed by atoms with E-state index in [-0.39, 0.29) is 22.3 Å². The van der Waals surface area contributed by atoms with E-state index in [4.69, 9.17) is 11.6 Å². The molecule has 1 aromatic heterocycles. The van der Waals surface area contributed by atoms with Gasteiger partial charge in [0.2, 0.25) is 11.6 Å². The van der Waals surface area contributed by atoms with Crippen LogP contribution in [0.15, 0.2) is 53.3 Å². The molecule has 0 atom stereocenters. The standard InChI is InChI=1S/C16H10BrClFN5O2/c17-9-2-1-3-10(6-9)22-15-14(24(25)26)16(21-8-20-15)23-11-4-5-13(19)12(18)7-11/h1-8H,(H2,20,21,22,23). The summed E-state index contributed by atoms with van der Waals surface area (Å²) in [7, 11) is 0. The molecule has 2 N–H and O–H groups in total. The van der Waals surface area contributed by atoms with Gasteiger partial charge in [0.05, 0.1) is 9.95 Å². The van der Waals surface area contributed by atoms with Crippen LogP contribution < -0.4 is 10.6 Å². The number of aromatic nitrogens is 2. The zero-order valence-corrected chi connectivity index (χ0v) is 15.3. The van der Waals surface area contributed by atoms with E-state index in [9.17, 15) is 14.5 Å². The van der Waals surface area contributed by atoms with Gasteiger partial charge in [-0.15, -0.1) is 0 Å². The molecular formula is C16H10BrClFN5O2. The van der Waals surface area contributed by atoms with Crippen LogP contribution in [0.3, 0.4) is 0 Å². The predicted octanol–water partition coefficient (Wildman–Crippen LogP) is 5.43. The third kappa shape index (κ3) is 4.06. The van der Waals surface area contributed by atoms with E-state index in [1.807, 2.05) is 6.07 Å². The van der Waals surface area contributed by atoms with Gasteiger partial charge < -0.3 is 10.6 Å². The minimum atomic E-state index is -0.603. The second-order valence-electron chi connectivity index (χ2n) is 5.07. The van der Waals surface area contributed by atoms with E-state index < -0.39 is 10.7 Å². The summed E-state index contributed by atoms with van der Waals surface area (Å²) in [6, 6.07) is 10.9. The maximum atomic E-state index is 13.3. The van der Waals surface area contributed by atoms with Crippen molar-refractivity contribution in [2.75, 3.05) is 10.6 Å². The molecule has 0 amide bonds. The number of halogens is 3. The molecule has 0 bridgehead atoms. The van der Waals surface area contributed by atoms with Crippen LogP contribution in [0.2, 0.25) is 5.02 Å². The summed E-state index contributed by atoms with van der Waals surface area (Å²) in [6.45, 7) is 0. The zero-order valence-electron chi connectivity index (χ0n) is 12.9. The van der Waals surface area contributed by atoms with Crippen molar-refractivity contribution in [2.24, 2.45) is 0 Å². The number of nitrogens with one attached hydrogen (secondary N) is 2. The Morgan fingerprint density at radius 2 is 1.73 bits per heavy atom. The van der Waals surface area contributed by atoms with Crippen LogP contribution in [-0.4, -0.2) is 14.9 Å². The molecule has 0 aliphatic heterocycles. The Balaban J connectivity index is 1.98. The zero-order chi connectivity index (χ0) is 18.7. The molecule has 7 nitrogen and oxygen atoms in total. The Morgan fingerprint density at radius 1 is 1.08 bits per heavy atom. The summed E-state index contributed by atoms with van der Waals surface area (Å²) in [4.78, 5) is 18.8. The molecule has 3 aromatic rings. The van der Waals surface area contributed by atoms with Gasteiger partial charge >= 0.3 is 5.69 Å². The first-order valence-electron chi connectivity index (χ1n) is 7.18. The molecule has 26 heavy (non-hydrogen) atoms. The molecule has 0 aliphatic carbocycles. The van der Waals surface area contributed by atoms with E-state index in [2.05, 4.69) is 36.5 Å². The van der Waals surface area contributed by atoms with Crippen LogP contribution in [0, 0.1) is 15.9 Å². The fourth-order valence-electron chi connectivity index (χ4n) is 2.15. The number of benzene rings is 2. The lowest BCUT2D eigenvalue weighted by Crippen LogP contribution is -2.05. The highest BCUT2D eigenvalue weighted by atomic mass is 79.9. The van der Waals surface area contributed by atoms with E-state index in [1.165, 1.54) is 18.5 Å². The van der Waals surface area contributed by atoms with Crippen LogP contribution in [0.1, 0.15) is 0 Å². The highest BCUT2D eigenvalue weighted by Gasteiger charge is 2.23. The number of nitrogens with zero attached hydrogens (tertiary/aromatic N) is 3. The van der Waals surface area contributed by atoms with Gasteiger partial charge in [-0.1, -0.05) is 33.6 Å². The maximum absolute atomic E-state index is 13.3. The van der Waals surface area contributed by atoms with Gasteiger partial charge in [-0.2, -0.15) is 0 Å². The molecule has 0 saturated carbocycles. The number of hydrogen-bond acceptors (Lipinski definition) is 6. The van der Waals surface area contributed by atoms with E-state index in [1.54, 1.807) is 18.2 Å².